The first kappa shape index (κ1) is 18.0. The Morgan fingerprint density at radius 2 is 2.28 bits per heavy atom. The normalized spacial score (nSPS) is 19.8. The van der Waals surface area contributed by atoms with Crippen LogP contribution >= 0.6 is 0 Å². The molecular formula is C17H27N5O3. The molecule has 25 heavy (non-hydrogen) atoms. The number of hydrogen-bond acceptors (Lipinski definition) is 8. The van der Waals surface area contributed by atoms with Crippen molar-refractivity contribution >= 4 is 0 Å². The number of aromatic nitrogens is 3. The molecule has 0 aromatic carbocycles. The van der Waals surface area contributed by atoms with Gasteiger partial charge in [0, 0.05) is 25.7 Å². The number of oxazole rings is 1. The van der Waals surface area contributed by atoms with E-state index in [2.05, 4.69) is 32.0 Å². The fourth-order valence-electron chi connectivity index (χ4n) is 3.15. The fraction of sp³-hybridized carbons (Fsp3) is 0.706. The molecule has 3 heterocycles. The summed E-state index contributed by atoms with van der Waals surface area (Å²) in [7, 11) is 2.11. The van der Waals surface area contributed by atoms with Crippen molar-refractivity contribution in [2.45, 2.75) is 52.4 Å². The van der Waals surface area contributed by atoms with Crippen molar-refractivity contribution < 1.29 is 13.7 Å². The Balaban J connectivity index is 1.49. The van der Waals surface area contributed by atoms with E-state index in [0.29, 0.717) is 30.9 Å². The number of rotatable bonds is 8. The SMILES string of the molecule is CCO[C@H](C)c1noc(CN2CC[C@H](N(C)Cc3ncc(C)o3)C2)n1. The van der Waals surface area contributed by atoms with Gasteiger partial charge in [-0.05, 0) is 34.2 Å². The van der Waals surface area contributed by atoms with E-state index in [1.165, 1.54) is 0 Å². The van der Waals surface area contributed by atoms with Crippen molar-refractivity contribution in [3.8, 4) is 0 Å². The van der Waals surface area contributed by atoms with Crippen LogP contribution in [0.4, 0.5) is 0 Å². The minimum absolute atomic E-state index is 0.135. The van der Waals surface area contributed by atoms with Crippen molar-refractivity contribution in [3.05, 3.63) is 29.6 Å². The second-order valence-corrected chi connectivity index (χ2v) is 6.60. The largest absolute Gasteiger partial charge is 0.445 e. The van der Waals surface area contributed by atoms with Gasteiger partial charge in [-0.1, -0.05) is 5.16 Å². The molecular weight excluding hydrogens is 322 g/mol. The minimum Gasteiger partial charge on any atom is -0.445 e. The lowest BCUT2D eigenvalue weighted by atomic mass is 10.2. The van der Waals surface area contributed by atoms with Crippen molar-refractivity contribution in [2.75, 3.05) is 26.7 Å². The third-order valence-corrected chi connectivity index (χ3v) is 4.55. The number of nitrogens with zero attached hydrogens (tertiary/aromatic N) is 5. The number of aryl methyl sites for hydroxylation is 1. The average Bonchev–Trinajstić information content (AvgIpc) is 3.30. The predicted octanol–water partition coefficient (Wildman–Crippen LogP) is 2.17. The quantitative estimate of drug-likeness (QED) is 0.717. The lowest BCUT2D eigenvalue weighted by Crippen LogP contribution is -2.34. The van der Waals surface area contributed by atoms with Gasteiger partial charge in [-0.3, -0.25) is 9.80 Å². The minimum atomic E-state index is -0.135. The second-order valence-electron chi connectivity index (χ2n) is 6.60. The molecule has 138 valence electrons. The summed E-state index contributed by atoms with van der Waals surface area (Å²) in [5.74, 6) is 2.88. The average molecular weight is 349 g/mol. The van der Waals surface area contributed by atoms with Crippen LogP contribution in [0.2, 0.25) is 0 Å². The van der Waals surface area contributed by atoms with Crippen molar-refractivity contribution in [1.29, 1.82) is 0 Å². The van der Waals surface area contributed by atoms with Crippen molar-refractivity contribution in [3.63, 3.8) is 0 Å². The molecule has 2 aromatic heterocycles. The van der Waals surface area contributed by atoms with E-state index in [1.54, 1.807) is 6.20 Å². The maximum Gasteiger partial charge on any atom is 0.240 e. The van der Waals surface area contributed by atoms with Gasteiger partial charge in [0.1, 0.15) is 11.9 Å². The third-order valence-electron chi connectivity index (χ3n) is 4.55. The van der Waals surface area contributed by atoms with Gasteiger partial charge < -0.3 is 13.7 Å². The second kappa shape index (κ2) is 8.07. The third kappa shape index (κ3) is 4.65. The summed E-state index contributed by atoms with van der Waals surface area (Å²) in [4.78, 5) is 13.4. The van der Waals surface area contributed by atoms with Gasteiger partial charge >= 0.3 is 0 Å². The van der Waals surface area contributed by atoms with E-state index in [9.17, 15) is 0 Å². The number of likely N-dealkylation sites (N-methyl/N-ethyl adjacent to an activating group) is 1. The topological polar surface area (TPSA) is 80.7 Å². The highest BCUT2D eigenvalue weighted by Gasteiger charge is 2.28. The van der Waals surface area contributed by atoms with Crippen LogP contribution in [0.3, 0.4) is 0 Å². The number of ether oxygens (including phenoxy) is 1. The van der Waals surface area contributed by atoms with E-state index in [4.69, 9.17) is 13.7 Å². The van der Waals surface area contributed by atoms with Crippen LogP contribution in [0.15, 0.2) is 15.1 Å². The van der Waals surface area contributed by atoms with Crippen LogP contribution in [0.25, 0.3) is 0 Å². The first-order chi connectivity index (χ1) is 12.0. The molecule has 2 atom stereocenters. The van der Waals surface area contributed by atoms with Crippen LogP contribution < -0.4 is 0 Å². The molecule has 1 saturated heterocycles. The summed E-state index contributed by atoms with van der Waals surface area (Å²) < 4.78 is 16.4. The van der Waals surface area contributed by atoms with Crippen LogP contribution in [0.5, 0.6) is 0 Å². The van der Waals surface area contributed by atoms with Gasteiger partial charge in [0.25, 0.3) is 0 Å². The van der Waals surface area contributed by atoms with Gasteiger partial charge in [-0.15, -0.1) is 0 Å². The van der Waals surface area contributed by atoms with Crippen molar-refractivity contribution in [2.24, 2.45) is 0 Å². The molecule has 1 fully saturated rings. The maximum atomic E-state index is 5.57. The molecule has 0 amide bonds. The molecule has 8 nitrogen and oxygen atoms in total. The Kier molecular flexibility index (Phi) is 5.82. The summed E-state index contributed by atoms with van der Waals surface area (Å²) in [6.07, 6.45) is 2.73. The standard InChI is InChI=1S/C17H27N5O3/c1-5-23-13(3)17-19-16(25-20-17)11-22-7-6-14(9-22)21(4)10-15-18-8-12(2)24-15/h8,13-14H,5-7,9-11H2,1-4H3/t13-,14+/m1/s1. The zero-order valence-electron chi connectivity index (χ0n) is 15.4. The Labute approximate surface area is 148 Å². The molecule has 1 aliphatic rings. The maximum absolute atomic E-state index is 5.57. The van der Waals surface area contributed by atoms with Gasteiger partial charge in [0.15, 0.2) is 5.82 Å². The van der Waals surface area contributed by atoms with Gasteiger partial charge in [0.2, 0.25) is 11.8 Å². The molecule has 0 bridgehead atoms. The van der Waals surface area contributed by atoms with E-state index >= 15 is 0 Å². The molecule has 0 radical (unpaired) electrons. The first-order valence-corrected chi connectivity index (χ1v) is 8.83. The molecule has 0 spiro atoms. The summed E-state index contributed by atoms with van der Waals surface area (Å²) in [5.41, 5.74) is 0. The summed E-state index contributed by atoms with van der Waals surface area (Å²) in [6, 6.07) is 0.469. The number of hydrogen-bond donors (Lipinski definition) is 0. The van der Waals surface area contributed by atoms with Crippen LogP contribution in [-0.4, -0.2) is 57.7 Å². The molecule has 1 aliphatic heterocycles. The zero-order chi connectivity index (χ0) is 17.8. The summed E-state index contributed by atoms with van der Waals surface area (Å²) in [6.45, 7) is 9.82. The van der Waals surface area contributed by atoms with Crippen LogP contribution in [0.1, 0.15) is 49.7 Å². The van der Waals surface area contributed by atoms with E-state index in [-0.39, 0.29) is 6.10 Å². The molecule has 0 N–H and O–H groups in total. The predicted molar refractivity (Wildman–Crippen MR) is 90.7 cm³/mol. The van der Waals surface area contributed by atoms with Gasteiger partial charge in [-0.25, -0.2) is 4.98 Å². The number of likely N-dealkylation sites (tertiary alicyclic amines) is 1. The van der Waals surface area contributed by atoms with Crippen LogP contribution in [-0.2, 0) is 17.8 Å². The van der Waals surface area contributed by atoms with Gasteiger partial charge in [-0.2, -0.15) is 4.98 Å². The Morgan fingerprint density at radius 1 is 1.44 bits per heavy atom. The van der Waals surface area contributed by atoms with Crippen molar-refractivity contribution in [1.82, 2.24) is 24.9 Å². The van der Waals surface area contributed by atoms with Crippen LogP contribution in [0, 0.1) is 6.92 Å². The van der Waals surface area contributed by atoms with E-state index < -0.39 is 0 Å². The smallest absolute Gasteiger partial charge is 0.240 e. The molecule has 0 unspecified atom stereocenters. The Bertz CT molecular complexity index is 671. The fourth-order valence-corrected chi connectivity index (χ4v) is 3.15. The molecule has 8 heteroatoms. The molecule has 0 saturated carbocycles. The Hall–Kier alpha value is -1.77. The molecule has 2 aromatic rings. The van der Waals surface area contributed by atoms with E-state index in [1.807, 2.05) is 20.8 Å². The highest BCUT2D eigenvalue weighted by molar-refractivity contribution is 4.94. The zero-order valence-corrected chi connectivity index (χ0v) is 15.4. The van der Waals surface area contributed by atoms with E-state index in [0.717, 1.165) is 37.7 Å². The highest BCUT2D eigenvalue weighted by Crippen LogP contribution is 2.19. The summed E-state index contributed by atoms with van der Waals surface area (Å²) >= 11 is 0. The highest BCUT2D eigenvalue weighted by atomic mass is 16.5. The molecule has 3 rings (SSSR count). The first-order valence-electron chi connectivity index (χ1n) is 8.83. The lowest BCUT2D eigenvalue weighted by Gasteiger charge is -2.22. The Morgan fingerprint density at radius 3 is 3.00 bits per heavy atom. The lowest BCUT2D eigenvalue weighted by molar-refractivity contribution is 0.0683. The monoisotopic (exact) mass is 349 g/mol. The van der Waals surface area contributed by atoms with Gasteiger partial charge in [0.05, 0.1) is 19.3 Å². The summed E-state index contributed by atoms with van der Waals surface area (Å²) in [5, 5.41) is 4.02. The molecule has 0 aliphatic carbocycles.